The van der Waals surface area contributed by atoms with Crippen molar-refractivity contribution in [3.05, 3.63) is 95.9 Å². The third kappa shape index (κ3) is 2.97. The van der Waals surface area contributed by atoms with Crippen molar-refractivity contribution in [1.29, 1.82) is 0 Å². The number of hydrogen-bond donors (Lipinski definition) is 0. The van der Waals surface area contributed by atoms with Gasteiger partial charge in [-0.3, -0.25) is 0 Å². The maximum absolute atomic E-state index is 14.3. The molecule has 148 valence electrons. The highest BCUT2D eigenvalue weighted by molar-refractivity contribution is 5.82. The van der Waals surface area contributed by atoms with Gasteiger partial charge in [0.05, 0.1) is 11.4 Å². The number of rotatable bonds is 3. The van der Waals surface area contributed by atoms with Crippen molar-refractivity contribution in [2.45, 2.75) is 13.8 Å². The molecule has 0 atom stereocenters. The zero-order valence-corrected chi connectivity index (χ0v) is 16.5. The summed E-state index contributed by atoms with van der Waals surface area (Å²) < 4.78 is 31.4. The van der Waals surface area contributed by atoms with Crippen molar-refractivity contribution in [2.75, 3.05) is 0 Å². The maximum atomic E-state index is 14.3. The average Bonchev–Trinajstić information content (AvgIpc) is 3.37. The number of halogens is 2. The number of aryl methyl sites for hydroxylation is 2. The summed E-state index contributed by atoms with van der Waals surface area (Å²) in [6.07, 6.45) is 3.81. The Balaban J connectivity index is 1.84. The lowest BCUT2D eigenvalue weighted by atomic mass is 10.0. The minimum atomic E-state index is -0.304. The summed E-state index contributed by atoms with van der Waals surface area (Å²) in [5, 5.41) is 4.69. The third-order valence-corrected chi connectivity index (χ3v) is 5.22. The molecule has 5 aromatic rings. The zero-order valence-electron chi connectivity index (χ0n) is 16.5. The van der Waals surface area contributed by atoms with E-state index in [0.717, 1.165) is 22.5 Å². The maximum Gasteiger partial charge on any atom is 0.166 e. The second-order valence-electron chi connectivity index (χ2n) is 7.26. The number of hydrogen-bond acceptors (Lipinski definition) is 2. The molecule has 4 nitrogen and oxygen atoms in total. The second kappa shape index (κ2) is 6.91. The van der Waals surface area contributed by atoms with E-state index >= 15 is 0 Å². The van der Waals surface area contributed by atoms with Crippen LogP contribution in [-0.2, 0) is 0 Å². The molecule has 0 saturated carbocycles. The van der Waals surface area contributed by atoms with Crippen molar-refractivity contribution >= 4 is 5.65 Å². The van der Waals surface area contributed by atoms with E-state index in [1.165, 1.54) is 18.2 Å². The first-order valence-electron chi connectivity index (χ1n) is 9.57. The lowest BCUT2D eigenvalue weighted by molar-refractivity contribution is 0.619. The summed E-state index contributed by atoms with van der Waals surface area (Å²) in [5.41, 5.74) is 4.99. The number of nitrogens with zero attached hydrogens (tertiary/aromatic N) is 4. The average molecular weight is 400 g/mol. The Morgan fingerprint density at radius 3 is 2.23 bits per heavy atom. The Morgan fingerprint density at radius 2 is 1.53 bits per heavy atom. The summed E-state index contributed by atoms with van der Waals surface area (Å²) >= 11 is 0. The van der Waals surface area contributed by atoms with Crippen LogP contribution < -0.4 is 0 Å². The molecule has 0 N–H and O–H groups in total. The van der Waals surface area contributed by atoms with Gasteiger partial charge in [0.2, 0.25) is 0 Å². The molecule has 30 heavy (non-hydrogen) atoms. The van der Waals surface area contributed by atoms with E-state index in [0.29, 0.717) is 22.6 Å². The lowest BCUT2D eigenvalue weighted by Crippen LogP contribution is -2.02. The molecule has 0 fully saturated rings. The van der Waals surface area contributed by atoms with Gasteiger partial charge in [-0.1, -0.05) is 12.1 Å². The molecule has 0 aliphatic heterocycles. The summed E-state index contributed by atoms with van der Waals surface area (Å²) in [7, 11) is 0. The molecule has 0 saturated heterocycles. The normalized spacial score (nSPS) is 11.3. The van der Waals surface area contributed by atoms with Gasteiger partial charge in [-0.25, -0.2) is 18.3 Å². The van der Waals surface area contributed by atoms with Crippen LogP contribution in [0.15, 0.2) is 73.1 Å². The molecule has 0 radical (unpaired) electrons. The quantitative estimate of drug-likeness (QED) is 0.387. The smallest absolute Gasteiger partial charge is 0.166 e. The fraction of sp³-hybridized carbons (Fsp3) is 0.0833. The SMILES string of the molecule is Cc1ccc(-c2c(C)nn3c(-c4ccc(F)cc4)cc(-n4cccc4)nc23)cc1F. The van der Waals surface area contributed by atoms with Gasteiger partial charge in [0.25, 0.3) is 0 Å². The molecule has 5 rings (SSSR count). The van der Waals surface area contributed by atoms with Crippen molar-refractivity contribution in [1.82, 2.24) is 19.2 Å². The van der Waals surface area contributed by atoms with Gasteiger partial charge in [-0.05, 0) is 67.4 Å². The van der Waals surface area contributed by atoms with Gasteiger partial charge in [0.1, 0.15) is 17.5 Å². The molecule has 0 aliphatic rings. The van der Waals surface area contributed by atoms with Crippen LogP contribution in [0.25, 0.3) is 33.8 Å². The van der Waals surface area contributed by atoms with Crippen LogP contribution in [-0.4, -0.2) is 19.2 Å². The Kier molecular flexibility index (Phi) is 4.20. The summed E-state index contributed by atoms with van der Waals surface area (Å²) in [6.45, 7) is 3.61. The Hall–Kier alpha value is -3.80. The monoisotopic (exact) mass is 400 g/mol. The van der Waals surface area contributed by atoms with Gasteiger partial charge in [0.15, 0.2) is 5.65 Å². The van der Waals surface area contributed by atoms with Crippen LogP contribution >= 0.6 is 0 Å². The van der Waals surface area contributed by atoms with Gasteiger partial charge in [0, 0.05) is 29.6 Å². The largest absolute Gasteiger partial charge is 0.309 e. The molecule has 0 amide bonds. The fourth-order valence-electron chi connectivity index (χ4n) is 3.64. The summed E-state index contributed by atoms with van der Waals surface area (Å²) in [5.74, 6) is 0.120. The molecular formula is C24H18F2N4. The van der Waals surface area contributed by atoms with E-state index in [2.05, 4.69) is 0 Å². The van der Waals surface area contributed by atoms with Crippen LogP contribution in [0.4, 0.5) is 8.78 Å². The first-order chi connectivity index (χ1) is 14.5. The molecule has 3 heterocycles. The minimum Gasteiger partial charge on any atom is -0.309 e. The summed E-state index contributed by atoms with van der Waals surface area (Å²) in [6, 6.07) is 17.2. The third-order valence-electron chi connectivity index (χ3n) is 5.22. The van der Waals surface area contributed by atoms with Gasteiger partial charge >= 0.3 is 0 Å². The van der Waals surface area contributed by atoms with E-state index in [-0.39, 0.29) is 11.6 Å². The highest BCUT2D eigenvalue weighted by atomic mass is 19.1. The van der Waals surface area contributed by atoms with Gasteiger partial charge < -0.3 is 4.57 Å². The number of benzene rings is 2. The molecule has 0 aliphatic carbocycles. The minimum absolute atomic E-state index is 0.272. The van der Waals surface area contributed by atoms with E-state index in [4.69, 9.17) is 10.1 Å². The Morgan fingerprint density at radius 1 is 0.833 bits per heavy atom. The summed E-state index contributed by atoms with van der Waals surface area (Å²) in [4.78, 5) is 4.84. The molecule has 0 unspecified atom stereocenters. The lowest BCUT2D eigenvalue weighted by Gasteiger charge is -2.10. The van der Waals surface area contributed by atoms with Gasteiger partial charge in [-0.2, -0.15) is 5.10 Å². The molecular weight excluding hydrogens is 382 g/mol. The molecule has 6 heteroatoms. The zero-order chi connectivity index (χ0) is 20.8. The highest BCUT2D eigenvalue weighted by Gasteiger charge is 2.19. The van der Waals surface area contributed by atoms with Crippen molar-refractivity contribution < 1.29 is 8.78 Å². The van der Waals surface area contributed by atoms with Crippen LogP contribution in [0.3, 0.4) is 0 Å². The Bertz CT molecular complexity index is 1370. The molecule has 3 aromatic heterocycles. The van der Waals surface area contributed by atoms with Crippen LogP contribution in [0.5, 0.6) is 0 Å². The Labute approximate surface area is 172 Å². The van der Waals surface area contributed by atoms with E-state index in [1.54, 1.807) is 29.6 Å². The standard InChI is InChI=1S/C24H18F2N4/c1-15-5-6-18(13-20(15)26)23-16(2)28-30-21(17-7-9-19(25)10-8-17)14-22(27-24(23)30)29-11-3-4-12-29/h3-14H,1-2H3. The van der Waals surface area contributed by atoms with E-state index in [1.807, 2.05) is 48.1 Å². The van der Waals surface area contributed by atoms with Crippen LogP contribution in [0, 0.1) is 25.5 Å². The van der Waals surface area contributed by atoms with Crippen LogP contribution in [0.1, 0.15) is 11.3 Å². The van der Waals surface area contributed by atoms with Crippen molar-refractivity contribution in [3.8, 4) is 28.2 Å². The first-order valence-corrected chi connectivity index (χ1v) is 9.57. The first kappa shape index (κ1) is 18.2. The predicted octanol–water partition coefficient (Wildman–Crippen LogP) is 5.75. The predicted molar refractivity (Wildman–Crippen MR) is 113 cm³/mol. The number of aromatic nitrogens is 4. The topological polar surface area (TPSA) is 35.1 Å². The molecule has 0 spiro atoms. The van der Waals surface area contributed by atoms with E-state index in [9.17, 15) is 8.78 Å². The molecule has 0 bridgehead atoms. The van der Waals surface area contributed by atoms with Crippen LogP contribution in [0.2, 0.25) is 0 Å². The van der Waals surface area contributed by atoms with Crippen molar-refractivity contribution in [3.63, 3.8) is 0 Å². The van der Waals surface area contributed by atoms with Crippen molar-refractivity contribution in [2.24, 2.45) is 0 Å². The second-order valence-corrected chi connectivity index (χ2v) is 7.26. The number of fused-ring (bicyclic) bond motifs is 1. The highest BCUT2D eigenvalue weighted by Crippen LogP contribution is 2.32. The fourth-order valence-corrected chi connectivity index (χ4v) is 3.64. The van der Waals surface area contributed by atoms with E-state index < -0.39 is 0 Å². The van der Waals surface area contributed by atoms with Gasteiger partial charge in [-0.15, -0.1) is 0 Å². The molecule has 2 aromatic carbocycles.